The lowest BCUT2D eigenvalue weighted by Crippen LogP contribution is -3.14. The third-order valence-electron chi connectivity index (χ3n) is 3.90. The van der Waals surface area contributed by atoms with E-state index in [9.17, 15) is 0 Å². The summed E-state index contributed by atoms with van der Waals surface area (Å²) in [5, 5.41) is 0. The second-order valence-corrected chi connectivity index (χ2v) is 5.70. The molecule has 0 aromatic heterocycles. The van der Waals surface area contributed by atoms with Gasteiger partial charge in [-0.2, -0.15) is 0 Å². The van der Waals surface area contributed by atoms with Crippen molar-refractivity contribution in [1.82, 2.24) is 0 Å². The molecule has 0 bridgehead atoms. The molecule has 1 saturated heterocycles. The van der Waals surface area contributed by atoms with Gasteiger partial charge in [-0.1, -0.05) is 13.0 Å². The van der Waals surface area contributed by atoms with Gasteiger partial charge in [0.2, 0.25) is 0 Å². The number of rotatable bonds is 5. The molecule has 1 aliphatic heterocycles. The number of hydrogen-bond donors (Lipinski definition) is 1. The van der Waals surface area contributed by atoms with Gasteiger partial charge in [-0.15, -0.1) is 0 Å². The fourth-order valence-corrected chi connectivity index (χ4v) is 2.82. The maximum atomic E-state index is 5.88. The van der Waals surface area contributed by atoms with Crippen LogP contribution in [0.25, 0.3) is 0 Å². The van der Waals surface area contributed by atoms with Crippen LogP contribution in [0.15, 0.2) is 18.2 Å². The van der Waals surface area contributed by atoms with Gasteiger partial charge in [-0.05, 0) is 37.5 Å². The summed E-state index contributed by atoms with van der Waals surface area (Å²) in [6, 6.07) is 6.08. The summed E-state index contributed by atoms with van der Waals surface area (Å²) >= 11 is 0. The molecule has 3 nitrogen and oxygen atoms in total. The second-order valence-electron chi connectivity index (χ2n) is 5.70. The quantitative estimate of drug-likeness (QED) is 0.875. The summed E-state index contributed by atoms with van der Waals surface area (Å²) in [6.07, 6.45) is 2.74. The lowest BCUT2D eigenvalue weighted by atomic mass is 10.0. The Balaban J connectivity index is 1.82. The minimum Gasteiger partial charge on any atom is -0.493 e. The summed E-state index contributed by atoms with van der Waals surface area (Å²) in [6.45, 7) is 8.84. The van der Waals surface area contributed by atoms with Crippen molar-refractivity contribution >= 4 is 0 Å². The highest BCUT2D eigenvalue weighted by Crippen LogP contribution is 2.27. The molecule has 0 radical (unpaired) electrons. The summed E-state index contributed by atoms with van der Waals surface area (Å²) in [5.41, 5.74) is 1.19. The summed E-state index contributed by atoms with van der Waals surface area (Å²) in [7, 11) is 1.69. The molecule has 0 amide bonds. The molecule has 0 aliphatic carbocycles. The standard InChI is InChI=1S/C16H25NO2/c1-13-6-7-15(16(11-13)18-3)19-10-9-17-8-4-5-14(2)12-17/h6-7,11,14H,4-5,8-10,12H2,1-3H3/p+1/t14-/m0/s1. The van der Waals surface area contributed by atoms with E-state index in [1.54, 1.807) is 12.0 Å². The van der Waals surface area contributed by atoms with Gasteiger partial charge in [0.05, 0.1) is 20.2 Å². The van der Waals surface area contributed by atoms with E-state index >= 15 is 0 Å². The van der Waals surface area contributed by atoms with Gasteiger partial charge in [-0.3, -0.25) is 0 Å². The first-order chi connectivity index (χ1) is 9.19. The van der Waals surface area contributed by atoms with Gasteiger partial charge >= 0.3 is 0 Å². The number of quaternary nitrogens is 1. The minimum absolute atomic E-state index is 0.765. The normalized spacial score (nSPS) is 23.1. The Bertz CT molecular complexity index is 406. The average molecular weight is 264 g/mol. The van der Waals surface area contributed by atoms with Crippen LogP contribution in [0.3, 0.4) is 0 Å². The van der Waals surface area contributed by atoms with Gasteiger partial charge in [0.15, 0.2) is 11.5 Å². The van der Waals surface area contributed by atoms with Gasteiger partial charge in [-0.25, -0.2) is 0 Å². The number of nitrogens with one attached hydrogen (secondary N) is 1. The van der Waals surface area contributed by atoms with Crippen LogP contribution in [0.2, 0.25) is 0 Å². The highest BCUT2D eigenvalue weighted by atomic mass is 16.5. The zero-order chi connectivity index (χ0) is 13.7. The molecule has 0 spiro atoms. The first-order valence-corrected chi connectivity index (χ1v) is 7.30. The first kappa shape index (κ1) is 14.2. The minimum atomic E-state index is 0.765. The molecular weight excluding hydrogens is 238 g/mol. The third-order valence-corrected chi connectivity index (χ3v) is 3.90. The van der Waals surface area contributed by atoms with Crippen LogP contribution in [0, 0.1) is 12.8 Å². The summed E-state index contributed by atoms with van der Waals surface area (Å²) < 4.78 is 11.2. The average Bonchev–Trinajstić information content (AvgIpc) is 2.40. The topological polar surface area (TPSA) is 22.9 Å². The van der Waals surface area contributed by atoms with Crippen molar-refractivity contribution in [2.45, 2.75) is 26.7 Å². The lowest BCUT2D eigenvalue weighted by molar-refractivity contribution is -0.908. The molecule has 3 heteroatoms. The van der Waals surface area contributed by atoms with Crippen LogP contribution in [-0.4, -0.2) is 33.4 Å². The van der Waals surface area contributed by atoms with E-state index in [1.165, 1.54) is 31.5 Å². The van der Waals surface area contributed by atoms with Crippen molar-refractivity contribution in [2.75, 3.05) is 33.4 Å². The van der Waals surface area contributed by atoms with E-state index in [-0.39, 0.29) is 0 Å². The SMILES string of the molecule is COc1cc(C)ccc1OCC[NH+]1CCC[C@H](C)C1. The van der Waals surface area contributed by atoms with E-state index < -0.39 is 0 Å². The van der Waals surface area contributed by atoms with Crippen LogP contribution >= 0.6 is 0 Å². The molecule has 19 heavy (non-hydrogen) atoms. The molecule has 1 unspecified atom stereocenters. The Morgan fingerprint density at radius 3 is 2.89 bits per heavy atom. The van der Waals surface area contributed by atoms with Gasteiger partial charge in [0, 0.05) is 5.92 Å². The Hall–Kier alpha value is -1.22. The highest BCUT2D eigenvalue weighted by molar-refractivity contribution is 5.42. The monoisotopic (exact) mass is 264 g/mol. The van der Waals surface area contributed by atoms with Crippen molar-refractivity contribution in [2.24, 2.45) is 5.92 Å². The van der Waals surface area contributed by atoms with Crippen LogP contribution in [-0.2, 0) is 0 Å². The largest absolute Gasteiger partial charge is 0.493 e. The number of piperidine rings is 1. The molecule has 1 aromatic rings. The number of aryl methyl sites for hydroxylation is 1. The Kier molecular flexibility index (Phi) is 5.08. The number of likely N-dealkylation sites (tertiary alicyclic amines) is 1. The van der Waals surface area contributed by atoms with Crippen LogP contribution in [0.1, 0.15) is 25.3 Å². The van der Waals surface area contributed by atoms with Crippen molar-refractivity contribution in [3.05, 3.63) is 23.8 Å². The van der Waals surface area contributed by atoms with Gasteiger partial charge in [0.25, 0.3) is 0 Å². The molecule has 106 valence electrons. The number of ether oxygens (including phenoxy) is 2. The van der Waals surface area contributed by atoms with Crippen LogP contribution in [0.5, 0.6) is 11.5 Å². The highest BCUT2D eigenvalue weighted by Gasteiger charge is 2.19. The molecule has 1 fully saturated rings. The van der Waals surface area contributed by atoms with E-state index in [1.807, 2.05) is 12.1 Å². The van der Waals surface area contributed by atoms with E-state index in [0.717, 1.165) is 30.6 Å². The fraction of sp³-hybridized carbons (Fsp3) is 0.625. The van der Waals surface area contributed by atoms with Crippen molar-refractivity contribution in [1.29, 1.82) is 0 Å². The zero-order valence-electron chi connectivity index (χ0n) is 12.4. The number of methoxy groups -OCH3 is 1. The smallest absolute Gasteiger partial charge is 0.161 e. The van der Waals surface area contributed by atoms with E-state index in [2.05, 4.69) is 19.9 Å². The van der Waals surface area contributed by atoms with Crippen molar-refractivity contribution in [3.8, 4) is 11.5 Å². The summed E-state index contributed by atoms with van der Waals surface area (Å²) in [4.78, 5) is 1.67. The predicted octanol–water partition coefficient (Wildman–Crippen LogP) is 1.70. The number of hydrogen-bond acceptors (Lipinski definition) is 2. The van der Waals surface area contributed by atoms with Gasteiger partial charge < -0.3 is 14.4 Å². The second kappa shape index (κ2) is 6.80. The predicted molar refractivity (Wildman–Crippen MR) is 77.2 cm³/mol. The number of benzene rings is 1. The summed E-state index contributed by atoms with van der Waals surface area (Å²) in [5.74, 6) is 2.55. The molecule has 2 atom stereocenters. The molecule has 1 aliphatic rings. The maximum Gasteiger partial charge on any atom is 0.161 e. The van der Waals surface area contributed by atoms with Crippen LogP contribution in [0.4, 0.5) is 0 Å². The molecule has 1 aromatic carbocycles. The first-order valence-electron chi connectivity index (χ1n) is 7.30. The zero-order valence-corrected chi connectivity index (χ0v) is 12.4. The third kappa shape index (κ3) is 4.13. The maximum absolute atomic E-state index is 5.88. The molecule has 2 rings (SSSR count). The van der Waals surface area contributed by atoms with Crippen LogP contribution < -0.4 is 14.4 Å². The molecule has 0 saturated carbocycles. The fourth-order valence-electron chi connectivity index (χ4n) is 2.82. The van der Waals surface area contributed by atoms with Crippen molar-refractivity contribution < 1.29 is 14.4 Å². The Morgan fingerprint density at radius 2 is 2.16 bits per heavy atom. The lowest BCUT2D eigenvalue weighted by Gasteiger charge is -2.27. The Labute approximate surface area is 116 Å². The van der Waals surface area contributed by atoms with E-state index in [4.69, 9.17) is 9.47 Å². The molecule has 1 heterocycles. The molecular formula is C16H26NO2+. The van der Waals surface area contributed by atoms with E-state index in [0.29, 0.717) is 0 Å². The van der Waals surface area contributed by atoms with Gasteiger partial charge in [0.1, 0.15) is 13.2 Å². The Morgan fingerprint density at radius 1 is 1.32 bits per heavy atom. The molecule has 1 N–H and O–H groups in total. The van der Waals surface area contributed by atoms with Crippen molar-refractivity contribution in [3.63, 3.8) is 0 Å².